The molecule has 0 fully saturated rings. The first-order valence-corrected chi connectivity index (χ1v) is 11.4. The lowest BCUT2D eigenvalue weighted by Gasteiger charge is -2.22. The van der Waals surface area contributed by atoms with Crippen molar-refractivity contribution in [2.24, 2.45) is 0 Å². The van der Waals surface area contributed by atoms with Gasteiger partial charge < -0.3 is 14.2 Å². The Morgan fingerprint density at radius 2 is 1.91 bits per heavy atom. The molecule has 4 rings (SSSR count). The molecular weight excluding hydrogens is 457 g/mol. The predicted octanol–water partition coefficient (Wildman–Crippen LogP) is 4.93. The van der Waals surface area contributed by atoms with Gasteiger partial charge in [0.05, 0.1) is 6.54 Å². The van der Waals surface area contributed by atoms with E-state index in [-0.39, 0.29) is 34.8 Å². The third-order valence-electron chi connectivity index (χ3n) is 6.00. The highest BCUT2D eigenvalue weighted by atomic mass is 35.5. The van der Waals surface area contributed by atoms with Crippen LogP contribution < -0.4 is 15.2 Å². The third-order valence-corrected chi connectivity index (χ3v) is 6.35. The topological polar surface area (TPSA) is 54.8 Å². The SMILES string of the molecule is Cc1ccc(COc2cc(C)n(Cc3ccc4c(c3)CCN4C(=O)N(C)C)c(=O)c2Cl)c(F)c1. The van der Waals surface area contributed by atoms with Crippen molar-refractivity contribution in [3.63, 3.8) is 0 Å². The van der Waals surface area contributed by atoms with E-state index in [0.29, 0.717) is 24.3 Å². The van der Waals surface area contributed by atoms with Gasteiger partial charge in [-0.25, -0.2) is 9.18 Å². The maximum Gasteiger partial charge on any atom is 0.323 e. The fourth-order valence-electron chi connectivity index (χ4n) is 4.12. The van der Waals surface area contributed by atoms with Crippen molar-refractivity contribution in [3.8, 4) is 5.75 Å². The molecule has 0 saturated carbocycles. The van der Waals surface area contributed by atoms with Crippen molar-refractivity contribution in [1.82, 2.24) is 9.47 Å². The highest BCUT2D eigenvalue weighted by Gasteiger charge is 2.26. The van der Waals surface area contributed by atoms with Crippen LogP contribution in [-0.2, 0) is 19.6 Å². The molecule has 0 bridgehead atoms. The molecule has 1 aromatic heterocycles. The highest BCUT2D eigenvalue weighted by molar-refractivity contribution is 6.31. The third kappa shape index (κ3) is 4.66. The summed E-state index contributed by atoms with van der Waals surface area (Å²) in [6, 6.07) is 12.4. The molecule has 0 radical (unpaired) electrons. The summed E-state index contributed by atoms with van der Waals surface area (Å²) in [7, 11) is 3.47. The van der Waals surface area contributed by atoms with Crippen molar-refractivity contribution in [1.29, 1.82) is 0 Å². The zero-order valence-corrected chi connectivity index (χ0v) is 20.4. The minimum atomic E-state index is -0.369. The van der Waals surface area contributed by atoms with Crippen LogP contribution in [0.4, 0.5) is 14.9 Å². The monoisotopic (exact) mass is 483 g/mol. The molecule has 1 aliphatic heterocycles. The zero-order valence-electron chi connectivity index (χ0n) is 19.7. The van der Waals surface area contributed by atoms with E-state index in [1.807, 2.05) is 32.0 Å². The molecule has 2 amide bonds. The standard InChI is InChI=1S/C26H27ClFN3O3/c1-16-5-7-20(21(28)11-16)15-34-23-12-17(2)31(25(32)24(23)27)14-18-6-8-22-19(13-18)9-10-30(22)26(33)29(3)4/h5-8,11-13H,9-10,14-15H2,1-4H3. The van der Waals surface area contributed by atoms with Gasteiger partial charge in [-0.2, -0.15) is 0 Å². The Morgan fingerprint density at radius 1 is 1.15 bits per heavy atom. The van der Waals surface area contributed by atoms with Crippen LogP contribution in [0.5, 0.6) is 5.75 Å². The predicted molar refractivity (Wildman–Crippen MR) is 132 cm³/mol. The van der Waals surface area contributed by atoms with E-state index in [1.165, 1.54) is 6.07 Å². The number of urea groups is 1. The van der Waals surface area contributed by atoms with Gasteiger partial charge in [0.15, 0.2) is 0 Å². The summed E-state index contributed by atoms with van der Waals surface area (Å²) in [5.41, 5.74) is 4.44. The summed E-state index contributed by atoms with van der Waals surface area (Å²) >= 11 is 6.34. The molecule has 0 spiro atoms. The minimum absolute atomic E-state index is 0.0261. The number of aromatic nitrogens is 1. The molecule has 2 heterocycles. The Morgan fingerprint density at radius 3 is 2.62 bits per heavy atom. The normalized spacial score (nSPS) is 12.6. The van der Waals surface area contributed by atoms with Gasteiger partial charge in [-0.3, -0.25) is 9.69 Å². The number of carbonyl (C=O) groups excluding carboxylic acids is 1. The zero-order chi connectivity index (χ0) is 24.6. The summed E-state index contributed by atoms with van der Waals surface area (Å²) in [4.78, 5) is 28.7. The molecule has 0 aliphatic carbocycles. The molecule has 34 heavy (non-hydrogen) atoms. The Hall–Kier alpha value is -3.32. The van der Waals surface area contributed by atoms with E-state index in [2.05, 4.69) is 0 Å². The molecule has 3 aromatic rings. The number of hydrogen-bond acceptors (Lipinski definition) is 3. The second-order valence-electron chi connectivity index (χ2n) is 8.78. The second kappa shape index (κ2) is 9.50. The van der Waals surface area contributed by atoms with E-state index in [9.17, 15) is 14.0 Å². The number of rotatable bonds is 5. The van der Waals surface area contributed by atoms with Gasteiger partial charge in [0.1, 0.15) is 23.2 Å². The number of aryl methyl sites for hydroxylation is 2. The lowest BCUT2D eigenvalue weighted by atomic mass is 10.1. The van der Waals surface area contributed by atoms with Gasteiger partial charge in [-0.05, 0) is 49.1 Å². The van der Waals surface area contributed by atoms with Gasteiger partial charge in [0.2, 0.25) is 0 Å². The molecule has 1 aliphatic rings. The molecular formula is C26H27ClFN3O3. The van der Waals surface area contributed by atoms with Crippen LogP contribution in [0, 0.1) is 19.7 Å². The van der Waals surface area contributed by atoms with Crippen molar-refractivity contribution in [2.75, 3.05) is 25.5 Å². The number of hydrogen-bond donors (Lipinski definition) is 0. The maximum atomic E-state index is 14.1. The number of benzene rings is 2. The van der Waals surface area contributed by atoms with E-state index < -0.39 is 0 Å². The quantitative estimate of drug-likeness (QED) is 0.517. The lowest BCUT2D eigenvalue weighted by molar-refractivity contribution is 0.224. The second-order valence-corrected chi connectivity index (χ2v) is 9.16. The van der Waals surface area contributed by atoms with Gasteiger partial charge >= 0.3 is 6.03 Å². The Kier molecular flexibility index (Phi) is 6.66. The molecule has 2 aromatic carbocycles. The smallest absolute Gasteiger partial charge is 0.323 e. The number of ether oxygens (including phenoxy) is 1. The van der Waals surface area contributed by atoms with Crippen molar-refractivity contribution < 1.29 is 13.9 Å². The maximum absolute atomic E-state index is 14.1. The minimum Gasteiger partial charge on any atom is -0.487 e. The van der Waals surface area contributed by atoms with Gasteiger partial charge in [-0.15, -0.1) is 0 Å². The fraction of sp³-hybridized carbons (Fsp3) is 0.308. The summed E-state index contributed by atoms with van der Waals surface area (Å²) in [6.45, 7) is 4.57. The van der Waals surface area contributed by atoms with Crippen LogP contribution in [0.25, 0.3) is 0 Å². The van der Waals surface area contributed by atoms with Gasteiger partial charge in [0, 0.05) is 43.7 Å². The van der Waals surface area contributed by atoms with Crippen LogP contribution in [0.15, 0.2) is 47.3 Å². The number of fused-ring (bicyclic) bond motifs is 1. The molecule has 0 N–H and O–H groups in total. The van der Waals surface area contributed by atoms with Crippen LogP contribution in [0.2, 0.25) is 5.02 Å². The van der Waals surface area contributed by atoms with Crippen LogP contribution >= 0.6 is 11.6 Å². The number of nitrogens with zero attached hydrogens (tertiary/aromatic N) is 3. The van der Waals surface area contributed by atoms with Crippen molar-refractivity contribution >= 4 is 23.3 Å². The number of amides is 2. The summed E-state index contributed by atoms with van der Waals surface area (Å²) in [6.07, 6.45) is 0.764. The van der Waals surface area contributed by atoms with E-state index >= 15 is 0 Å². The van der Waals surface area contributed by atoms with E-state index in [0.717, 1.165) is 28.8 Å². The lowest BCUT2D eigenvalue weighted by Crippen LogP contribution is -2.38. The highest BCUT2D eigenvalue weighted by Crippen LogP contribution is 2.30. The summed E-state index contributed by atoms with van der Waals surface area (Å²) in [5, 5.41) is -0.0398. The largest absolute Gasteiger partial charge is 0.487 e. The Bertz CT molecular complexity index is 1320. The molecule has 178 valence electrons. The number of pyridine rings is 1. The summed E-state index contributed by atoms with van der Waals surface area (Å²) < 4.78 is 21.4. The number of anilines is 1. The molecule has 0 saturated heterocycles. The first kappa shape index (κ1) is 23.8. The van der Waals surface area contributed by atoms with Gasteiger partial charge in [0.25, 0.3) is 5.56 Å². The van der Waals surface area contributed by atoms with Crippen molar-refractivity contribution in [3.05, 3.63) is 91.6 Å². The first-order chi connectivity index (χ1) is 16.2. The molecule has 0 unspecified atom stereocenters. The average molecular weight is 484 g/mol. The molecule has 8 heteroatoms. The number of carbonyl (C=O) groups is 1. The van der Waals surface area contributed by atoms with Crippen molar-refractivity contribution in [2.45, 2.75) is 33.4 Å². The Balaban J connectivity index is 1.54. The molecule has 6 nitrogen and oxygen atoms in total. The number of halogens is 2. The molecule has 0 atom stereocenters. The fourth-order valence-corrected chi connectivity index (χ4v) is 4.33. The van der Waals surface area contributed by atoms with Gasteiger partial charge in [-0.1, -0.05) is 35.9 Å². The average Bonchev–Trinajstić information content (AvgIpc) is 3.21. The van der Waals surface area contributed by atoms with Crippen LogP contribution in [0.1, 0.15) is 27.9 Å². The Labute approximate surface area is 203 Å². The summed E-state index contributed by atoms with van der Waals surface area (Å²) in [5.74, 6) is -0.129. The van der Waals surface area contributed by atoms with Crippen LogP contribution in [-0.4, -0.2) is 36.1 Å². The van der Waals surface area contributed by atoms with E-state index in [4.69, 9.17) is 16.3 Å². The first-order valence-electron chi connectivity index (χ1n) is 11.0. The van der Waals surface area contributed by atoms with Crippen LogP contribution in [0.3, 0.4) is 0 Å². The van der Waals surface area contributed by atoms with E-state index in [1.54, 1.807) is 46.7 Å².